The molecule has 2 rings (SSSR count). The first-order valence-electron chi connectivity index (χ1n) is 7.89. The molecule has 0 fully saturated rings. The molecule has 128 valence electrons. The van der Waals surface area contributed by atoms with Crippen LogP contribution >= 0.6 is 15.9 Å². The van der Waals surface area contributed by atoms with Gasteiger partial charge >= 0.3 is 0 Å². The summed E-state index contributed by atoms with van der Waals surface area (Å²) in [5.74, 6) is 1.01. The predicted molar refractivity (Wildman–Crippen MR) is 96.2 cm³/mol. The van der Waals surface area contributed by atoms with Crippen LogP contribution in [0.5, 0.6) is 0 Å². The van der Waals surface area contributed by atoms with E-state index in [1.807, 2.05) is 43.3 Å². The fourth-order valence-corrected chi connectivity index (χ4v) is 2.61. The number of hydrogen-bond donors (Lipinski definition) is 2. The number of hydrogen-bond acceptors (Lipinski definition) is 3. The molecule has 0 spiro atoms. The van der Waals surface area contributed by atoms with Gasteiger partial charge in [0.25, 0.3) is 0 Å². The lowest BCUT2D eigenvalue weighted by Crippen LogP contribution is -2.45. The van der Waals surface area contributed by atoms with Crippen molar-refractivity contribution in [3.63, 3.8) is 0 Å². The summed E-state index contributed by atoms with van der Waals surface area (Å²) >= 11 is 3.40. The molecule has 24 heavy (non-hydrogen) atoms. The first-order valence-corrected chi connectivity index (χ1v) is 8.68. The second-order valence-electron chi connectivity index (χ2n) is 5.53. The Hall–Kier alpha value is -2.08. The van der Waals surface area contributed by atoms with Gasteiger partial charge < -0.3 is 15.1 Å². The number of furan rings is 1. The van der Waals surface area contributed by atoms with E-state index in [1.165, 1.54) is 6.92 Å². The Morgan fingerprint density at radius 2 is 1.88 bits per heavy atom. The molecule has 0 unspecified atom stereocenters. The van der Waals surface area contributed by atoms with Crippen LogP contribution in [0.15, 0.2) is 45.3 Å². The average molecular weight is 393 g/mol. The summed E-state index contributed by atoms with van der Waals surface area (Å²) in [7, 11) is 0. The third-order valence-corrected chi connectivity index (χ3v) is 4.03. The van der Waals surface area contributed by atoms with Crippen LogP contribution in [-0.2, 0) is 16.1 Å². The topological polar surface area (TPSA) is 71.3 Å². The van der Waals surface area contributed by atoms with Crippen LogP contribution in [0.4, 0.5) is 0 Å². The number of carbonyl (C=O) groups is 2. The number of rotatable bonds is 7. The Balaban J connectivity index is 1.95. The molecule has 5 nitrogen and oxygen atoms in total. The minimum atomic E-state index is -0.506. The third kappa shape index (κ3) is 5.23. The summed E-state index contributed by atoms with van der Waals surface area (Å²) in [4.78, 5) is 23.4. The van der Waals surface area contributed by atoms with Gasteiger partial charge in [0, 0.05) is 17.0 Å². The van der Waals surface area contributed by atoms with Gasteiger partial charge in [0.05, 0.1) is 6.54 Å². The molecular formula is C18H21BrN2O3. The molecule has 2 aromatic rings. The zero-order valence-electron chi connectivity index (χ0n) is 13.8. The Kier molecular flexibility index (Phi) is 6.61. The molecule has 1 aromatic heterocycles. The fraction of sp³-hybridized carbons (Fsp3) is 0.333. The number of carbonyl (C=O) groups excluding carboxylic acids is 2. The van der Waals surface area contributed by atoms with Crippen molar-refractivity contribution in [2.24, 2.45) is 0 Å². The van der Waals surface area contributed by atoms with E-state index in [2.05, 4.69) is 26.6 Å². The van der Waals surface area contributed by atoms with Crippen LogP contribution in [0, 0.1) is 0 Å². The van der Waals surface area contributed by atoms with Crippen molar-refractivity contribution in [2.45, 2.75) is 39.3 Å². The summed E-state index contributed by atoms with van der Waals surface area (Å²) in [6.07, 6.45) is 1.42. The molecule has 0 radical (unpaired) electrons. The van der Waals surface area contributed by atoms with Crippen LogP contribution in [0.25, 0.3) is 11.3 Å². The van der Waals surface area contributed by atoms with Gasteiger partial charge in [-0.1, -0.05) is 41.4 Å². The van der Waals surface area contributed by atoms with Crippen molar-refractivity contribution in [1.29, 1.82) is 0 Å². The Morgan fingerprint density at radius 1 is 1.17 bits per heavy atom. The van der Waals surface area contributed by atoms with E-state index in [9.17, 15) is 9.59 Å². The number of benzene rings is 1. The van der Waals surface area contributed by atoms with Crippen LogP contribution in [-0.4, -0.2) is 17.9 Å². The maximum Gasteiger partial charge on any atom is 0.242 e. The van der Waals surface area contributed by atoms with Gasteiger partial charge in [-0.2, -0.15) is 0 Å². The monoisotopic (exact) mass is 392 g/mol. The van der Waals surface area contributed by atoms with Gasteiger partial charge in [0.15, 0.2) is 0 Å². The molecule has 0 bridgehead atoms. The van der Waals surface area contributed by atoms with Gasteiger partial charge in [0.2, 0.25) is 11.8 Å². The summed E-state index contributed by atoms with van der Waals surface area (Å²) in [6, 6.07) is 11.0. The standard InChI is InChI=1S/C18H21BrN2O3/c1-3-4-16(21-12(2)22)18(23)20-11-15-9-10-17(24-15)13-5-7-14(19)8-6-13/h5-10,16H,3-4,11H2,1-2H3,(H,20,23)(H,21,22)/t16-/m0/s1. The Bertz CT molecular complexity index is 695. The van der Waals surface area contributed by atoms with Crippen molar-refractivity contribution in [3.05, 3.63) is 46.6 Å². The van der Waals surface area contributed by atoms with Crippen LogP contribution in [0.1, 0.15) is 32.4 Å². The molecule has 0 saturated carbocycles. The van der Waals surface area contributed by atoms with Gasteiger partial charge in [-0.05, 0) is 30.7 Å². The second kappa shape index (κ2) is 8.68. The smallest absolute Gasteiger partial charge is 0.242 e. The van der Waals surface area contributed by atoms with Gasteiger partial charge in [-0.3, -0.25) is 9.59 Å². The van der Waals surface area contributed by atoms with E-state index in [0.717, 1.165) is 22.2 Å². The van der Waals surface area contributed by atoms with E-state index in [4.69, 9.17) is 4.42 Å². The summed E-state index contributed by atoms with van der Waals surface area (Å²) < 4.78 is 6.77. The number of nitrogens with one attached hydrogen (secondary N) is 2. The largest absolute Gasteiger partial charge is 0.459 e. The van der Waals surface area contributed by atoms with Gasteiger partial charge in [-0.15, -0.1) is 0 Å². The highest BCUT2D eigenvalue weighted by atomic mass is 79.9. The first kappa shape index (κ1) is 18.3. The summed E-state index contributed by atoms with van der Waals surface area (Å²) in [5.41, 5.74) is 0.970. The van der Waals surface area contributed by atoms with E-state index in [-0.39, 0.29) is 18.4 Å². The van der Waals surface area contributed by atoms with E-state index >= 15 is 0 Å². The van der Waals surface area contributed by atoms with Crippen molar-refractivity contribution < 1.29 is 14.0 Å². The highest BCUT2D eigenvalue weighted by Gasteiger charge is 2.18. The molecule has 0 aliphatic carbocycles. The molecule has 2 N–H and O–H groups in total. The Morgan fingerprint density at radius 3 is 2.50 bits per heavy atom. The van der Waals surface area contributed by atoms with Crippen molar-refractivity contribution in [1.82, 2.24) is 10.6 Å². The molecule has 0 aliphatic rings. The maximum absolute atomic E-state index is 12.2. The van der Waals surface area contributed by atoms with Crippen LogP contribution in [0.3, 0.4) is 0 Å². The van der Waals surface area contributed by atoms with Crippen molar-refractivity contribution in [2.75, 3.05) is 0 Å². The third-order valence-electron chi connectivity index (χ3n) is 3.50. The van der Waals surface area contributed by atoms with Crippen molar-refractivity contribution >= 4 is 27.7 Å². The molecule has 1 heterocycles. The average Bonchev–Trinajstić information content (AvgIpc) is 3.01. The predicted octanol–water partition coefficient (Wildman–Crippen LogP) is 3.63. The zero-order valence-corrected chi connectivity index (χ0v) is 15.4. The van der Waals surface area contributed by atoms with Crippen molar-refractivity contribution in [3.8, 4) is 11.3 Å². The van der Waals surface area contributed by atoms with Gasteiger partial charge in [-0.25, -0.2) is 0 Å². The quantitative estimate of drug-likeness (QED) is 0.755. The molecule has 0 aliphatic heterocycles. The minimum absolute atomic E-state index is 0.200. The highest BCUT2D eigenvalue weighted by Crippen LogP contribution is 2.23. The molecule has 2 amide bonds. The lowest BCUT2D eigenvalue weighted by molar-refractivity contribution is -0.128. The second-order valence-corrected chi connectivity index (χ2v) is 6.45. The lowest BCUT2D eigenvalue weighted by Gasteiger charge is -2.16. The normalized spacial score (nSPS) is 11.8. The van der Waals surface area contributed by atoms with E-state index < -0.39 is 6.04 Å². The molecule has 0 saturated heterocycles. The van der Waals surface area contributed by atoms with Crippen LogP contribution in [0.2, 0.25) is 0 Å². The first-order chi connectivity index (χ1) is 11.5. The molecule has 6 heteroatoms. The summed E-state index contributed by atoms with van der Waals surface area (Å²) in [6.45, 7) is 3.67. The number of amides is 2. The minimum Gasteiger partial charge on any atom is -0.459 e. The zero-order chi connectivity index (χ0) is 17.5. The molecule has 1 aromatic carbocycles. The maximum atomic E-state index is 12.2. The van der Waals surface area contributed by atoms with E-state index in [0.29, 0.717) is 12.2 Å². The fourth-order valence-electron chi connectivity index (χ4n) is 2.34. The lowest BCUT2D eigenvalue weighted by atomic mass is 10.1. The molecular weight excluding hydrogens is 372 g/mol. The highest BCUT2D eigenvalue weighted by molar-refractivity contribution is 9.10. The molecule has 1 atom stereocenters. The van der Waals surface area contributed by atoms with E-state index in [1.54, 1.807) is 0 Å². The van der Waals surface area contributed by atoms with Gasteiger partial charge in [0.1, 0.15) is 17.6 Å². The number of halogens is 1. The summed E-state index contributed by atoms with van der Waals surface area (Å²) in [5, 5.41) is 5.48. The Labute approximate surface area is 149 Å². The SMILES string of the molecule is CCC[C@H](NC(C)=O)C(=O)NCc1ccc(-c2ccc(Br)cc2)o1. The van der Waals surface area contributed by atoms with Crippen LogP contribution < -0.4 is 10.6 Å².